The number of amides is 1. The van der Waals surface area contributed by atoms with E-state index >= 15 is 0 Å². The maximum atomic E-state index is 12.4. The van der Waals surface area contributed by atoms with E-state index < -0.39 is 0 Å². The number of nitrogens with one attached hydrogen (secondary N) is 1. The van der Waals surface area contributed by atoms with Crippen molar-refractivity contribution in [3.63, 3.8) is 0 Å². The number of hydrogen-bond donors (Lipinski definition) is 1. The Balaban J connectivity index is 1.67. The molecule has 0 aliphatic heterocycles. The normalized spacial score (nSPS) is 14.9. The van der Waals surface area contributed by atoms with E-state index in [0.29, 0.717) is 17.2 Å². The van der Waals surface area contributed by atoms with Crippen LogP contribution >= 0.6 is 22.9 Å². The van der Waals surface area contributed by atoms with Crippen molar-refractivity contribution in [2.75, 3.05) is 0 Å². The molecule has 1 N–H and O–H groups in total. The molecule has 1 amide bonds. The summed E-state index contributed by atoms with van der Waals surface area (Å²) in [5, 5.41) is 4.92. The van der Waals surface area contributed by atoms with Crippen LogP contribution < -0.4 is 5.32 Å². The SMILES string of the molecule is CC(C)(Cc1ccccc1Cl)NC(=O)c1cnc(C2CC2)s1. The quantitative estimate of drug-likeness (QED) is 0.879. The maximum Gasteiger partial charge on any atom is 0.263 e. The molecule has 1 fully saturated rings. The second-order valence-corrected chi connectivity index (χ2v) is 7.91. The minimum Gasteiger partial charge on any atom is -0.346 e. The second kappa shape index (κ2) is 6.01. The molecule has 1 aliphatic rings. The lowest BCUT2D eigenvalue weighted by atomic mass is 9.95. The summed E-state index contributed by atoms with van der Waals surface area (Å²) in [6.45, 7) is 4.02. The van der Waals surface area contributed by atoms with Gasteiger partial charge < -0.3 is 5.32 Å². The Kier molecular flexibility index (Phi) is 4.24. The average molecular weight is 335 g/mol. The van der Waals surface area contributed by atoms with Crippen LogP contribution in [0.4, 0.5) is 0 Å². The molecule has 0 unspecified atom stereocenters. The molecule has 1 aromatic carbocycles. The van der Waals surface area contributed by atoms with Gasteiger partial charge >= 0.3 is 0 Å². The summed E-state index contributed by atoms with van der Waals surface area (Å²) in [7, 11) is 0. The summed E-state index contributed by atoms with van der Waals surface area (Å²) in [5.41, 5.74) is 0.670. The molecule has 0 atom stereocenters. The first-order valence-electron chi connectivity index (χ1n) is 7.46. The fraction of sp³-hybridized carbons (Fsp3) is 0.412. The molecule has 0 bridgehead atoms. The predicted molar refractivity (Wildman–Crippen MR) is 90.8 cm³/mol. The molecule has 0 spiro atoms. The van der Waals surface area contributed by atoms with Crippen molar-refractivity contribution >= 4 is 28.8 Å². The van der Waals surface area contributed by atoms with Gasteiger partial charge in [-0.2, -0.15) is 0 Å². The highest BCUT2D eigenvalue weighted by Gasteiger charge is 2.29. The first-order valence-corrected chi connectivity index (χ1v) is 8.66. The van der Waals surface area contributed by atoms with E-state index in [4.69, 9.17) is 11.6 Å². The number of nitrogens with zero attached hydrogens (tertiary/aromatic N) is 1. The van der Waals surface area contributed by atoms with Gasteiger partial charge in [0.2, 0.25) is 0 Å². The molecular weight excluding hydrogens is 316 g/mol. The summed E-state index contributed by atoms with van der Waals surface area (Å²) in [5.74, 6) is 0.532. The van der Waals surface area contributed by atoms with Crippen LogP contribution in [0.25, 0.3) is 0 Å². The Hall–Kier alpha value is -1.39. The van der Waals surface area contributed by atoms with Gasteiger partial charge in [-0.1, -0.05) is 29.8 Å². The second-order valence-electron chi connectivity index (χ2n) is 6.44. The maximum absolute atomic E-state index is 12.4. The Labute approximate surface area is 139 Å². The van der Waals surface area contributed by atoms with Crippen LogP contribution in [0.15, 0.2) is 30.5 Å². The molecule has 1 aliphatic carbocycles. The van der Waals surface area contributed by atoms with Crippen molar-refractivity contribution < 1.29 is 4.79 Å². The monoisotopic (exact) mass is 334 g/mol. The zero-order chi connectivity index (χ0) is 15.7. The van der Waals surface area contributed by atoms with E-state index in [0.717, 1.165) is 15.6 Å². The molecule has 2 aromatic rings. The fourth-order valence-electron chi connectivity index (χ4n) is 2.44. The lowest BCUT2D eigenvalue weighted by molar-refractivity contribution is 0.0917. The van der Waals surface area contributed by atoms with Gasteiger partial charge in [-0.3, -0.25) is 4.79 Å². The van der Waals surface area contributed by atoms with Crippen molar-refractivity contribution in [2.24, 2.45) is 0 Å². The third-order valence-corrected chi connectivity index (χ3v) is 5.24. The van der Waals surface area contributed by atoms with Crippen LogP contribution in [0.2, 0.25) is 5.02 Å². The summed E-state index contributed by atoms with van der Waals surface area (Å²) in [4.78, 5) is 17.5. The first kappa shape index (κ1) is 15.5. The largest absolute Gasteiger partial charge is 0.346 e. The van der Waals surface area contributed by atoms with Gasteiger partial charge in [0.15, 0.2) is 0 Å². The van der Waals surface area contributed by atoms with Crippen LogP contribution in [-0.2, 0) is 6.42 Å². The highest BCUT2D eigenvalue weighted by atomic mass is 35.5. The number of rotatable bonds is 5. The van der Waals surface area contributed by atoms with E-state index in [9.17, 15) is 4.79 Å². The highest BCUT2D eigenvalue weighted by molar-refractivity contribution is 7.13. The molecule has 116 valence electrons. The predicted octanol–water partition coefficient (Wildman–Crippen LogP) is 4.43. The van der Waals surface area contributed by atoms with Gasteiger partial charge in [-0.05, 0) is 44.7 Å². The number of carbonyl (C=O) groups is 1. The van der Waals surface area contributed by atoms with Crippen LogP contribution in [0.3, 0.4) is 0 Å². The van der Waals surface area contributed by atoms with Crippen molar-refractivity contribution in [2.45, 2.75) is 44.6 Å². The van der Waals surface area contributed by atoms with Crippen LogP contribution in [-0.4, -0.2) is 16.4 Å². The smallest absolute Gasteiger partial charge is 0.263 e. The molecule has 1 saturated carbocycles. The Morgan fingerprint density at radius 2 is 2.14 bits per heavy atom. The zero-order valence-corrected chi connectivity index (χ0v) is 14.3. The zero-order valence-electron chi connectivity index (χ0n) is 12.7. The van der Waals surface area contributed by atoms with Crippen molar-refractivity contribution in [1.82, 2.24) is 10.3 Å². The van der Waals surface area contributed by atoms with Crippen LogP contribution in [0.1, 0.15) is 52.8 Å². The summed E-state index contributed by atoms with van der Waals surface area (Å²) < 4.78 is 0. The average Bonchev–Trinajstić information content (AvgIpc) is 3.18. The van der Waals surface area contributed by atoms with Crippen molar-refractivity contribution in [1.29, 1.82) is 0 Å². The Morgan fingerprint density at radius 3 is 2.82 bits per heavy atom. The van der Waals surface area contributed by atoms with Gasteiger partial charge in [0.25, 0.3) is 5.91 Å². The molecule has 1 heterocycles. The number of halogens is 1. The summed E-state index contributed by atoms with van der Waals surface area (Å²) >= 11 is 7.72. The topological polar surface area (TPSA) is 42.0 Å². The van der Waals surface area contributed by atoms with Gasteiger partial charge in [0.05, 0.1) is 11.2 Å². The third-order valence-electron chi connectivity index (χ3n) is 3.72. The van der Waals surface area contributed by atoms with E-state index in [2.05, 4.69) is 10.3 Å². The molecule has 5 heteroatoms. The van der Waals surface area contributed by atoms with E-state index in [1.807, 2.05) is 38.1 Å². The summed E-state index contributed by atoms with van der Waals surface area (Å²) in [6, 6.07) is 7.74. The lowest BCUT2D eigenvalue weighted by Gasteiger charge is -2.26. The minimum absolute atomic E-state index is 0.0542. The Bertz CT molecular complexity index is 691. The van der Waals surface area contributed by atoms with Crippen LogP contribution in [0.5, 0.6) is 0 Å². The van der Waals surface area contributed by atoms with E-state index in [1.54, 1.807) is 6.20 Å². The number of hydrogen-bond acceptors (Lipinski definition) is 3. The van der Waals surface area contributed by atoms with Gasteiger partial charge in [-0.15, -0.1) is 11.3 Å². The third kappa shape index (κ3) is 3.68. The number of thiazole rings is 1. The number of carbonyl (C=O) groups excluding carboxylic acids is 1. The van der Waals surface area contributed by atoms with E-state index in [-0.39, 0.29) is 11.4 Å². The molecule has 22 heavy (non-hydrogen) atoms. The minimum atomic E-state index is -0.369. The standard InChI is InChI=1S/C17H19ClN2OS/c1-17(2,9-12-5-3-4-6-13(12)18)20-15(21)14-10-19-16(22-14)11-7-8-11/h3-6,10-11H,7-9H2,1-2H3,(H,20,21). The molecule has 0 saturated heterocycles. The van der Waals surface area contributed by atoms with Gasteiger partial charge in [-0.25, -0.2) is 4.98 Å². The molecule has 1 aromatic heterocycles. The van der Waals surface area contributed by atoms with Gasteiger partial charge in [0, 0.05) is 16.5 Å². The molecule has 0 radical (unpaired) electrons. The van der Waals surface area contributed by atoms with E-state index in [1.165, 1.54) is 24.2 Å². The molecule has 3 rings (SSSR count). The fourth-order valence-corrected chi connectivity index (χ4v) is 3.63. The van der Waals surface area contributed by atoms with Crippen LogP contribution in [0, 0.1) is 0 Å². The van der Waals surface area contributed by atoms with Crippen molar-refractivity contribution in [3.8, 4) is 0 Å². The molecular formula is C17H19ClN2OS. The Morgan fingerprint density at radius 1 is 1.41 bits per heavy atom. The summed E-state index contributed by atoms with van der Waals surface area (Å²) in [6.07, 6.45) is 4.78. The highest BCUT2D eigenvalue weighted by Crippen LogP contribution is 2.41. The number of aromatic nitrogens is 1. The number of benzene rings is 1. The lowest BCUT2D eigenvalue weighted by Crippen LogP contribution is -2.44. The molecule has 3 nitrogen and oxygen atoms in total. The first-order chi connectivity index (χ1) is 10.4. The van der Waals surface area contributed by atoms with Crippen molar-refractivity contribution in [3.05, 3.63) is 50.9 Å². The van der Waals surface area contributed by atoms with Gasteiger partial charge in [0.1, 0.15) is 4.88 Å².